The molecule has 0 aliphatic heterocycles. The maximum absolute atomic E-state index is 5.81. The summed E-state index contributed by atoms with van der Waals surface area (Å²) in [6, 6.07) is 6.47. The maximum Gasteiger partial charge on any atom is 0.211 e. The molecule has 0 radical (unpaired) electrons. The molecule has 1 atom stereocenters. The van der Waals surface area contributed by atoms with Crippen molar-refractivity contribution in [2.24, 2.45) is 0 Å². The molecule has 1 unspecified atom stereocenters. The number of nitrogens with one attached hydrogen (secondary N) is 1. The third-order valence-electron chi connectivity index (χ3n) is 3.20. The minimum atomic E-state index is 0.148. The van der Waals surface area contributed by atoms with E-state index in [0.717, 1.165) is 23.8 Å². The Hall–Kier alpha value is -1.61. The Morgan fingerprint density at radius 3 is 2.72 bits per heavy atom. The topological polar surface area (TPSA) is 38.1 Å². The van der Waals surface area contributed by atoms with Gasteiger partial charge in [-0.3, -0.25) is 0 Å². The molecule has 0 aliphatic carbocycles. The van der Waals surface area contributed by atoms with Crippen LogP contribution in [-0.4, -0.2) is 11.5 Å². The Balaban J connectivity index is 2.26. The Morgan fingerprint density at radius 1 is 1.28 bits per heavy atom. The second-order valence-corrected chi connectivity index (χ2v) is 4.64. The molecule has 96 valence electrons. The fraction of sp³-hybridized carbons (Fsp3) is 0.400. The van der Waals surface area contributed by atoms with E-state index in [9.17, 15) is 0 Å². The molecule has 0 aliphatic rings. The molecule has 3 heteroatoms. The van der Waals surface area contributed by atoms with E-state index in [1.807, 2.05) is 0 Å². The van der Waals surface area contributed by atoms with Gasteiger partial charge in [0.15, 0.2) is 5.76 Å². The number of oxazole rings is 1. The van der Waals surface area contributed by atoms with E-state index in [-0.39, 0.29) is 6.04 Å². The Kier molecular flexibility index (Phi) is 3.82. The van der Waals surface area contributed by atoms with Crippen molar-refractivity contribution < 1.29 is 4.42 Å². The van der Waals surface area contributed by atoms with Gasteiger partial charge in [0, 0.05) is 5.56 Å². The number of rotatable bonds is 4. The summed E-state index contributed by atoms with van der Waals surface area (Å²) in [6.07, 6.45) is 1.80. The first-order chi connectivity index (χ1) is 8.61. The van der Waals surface area contributed by atoms with Crippen LogP contribution in [0.2, 0.25) is 0 Å². The van der Waals surface area contributed by atoms with E-state index in [1.54, 1.807) is 6.20 Å². The lowest BCUT2D eigenvalue weighted by Crippen LogP contribution is -2.17. The summed E-state index contributed by atoms with van der Waals surface area (Å²) in [5, 5.41) is 3.29. The molecule has 18 heavy (non-hydrogen) atoms. The van der Waals surface area contributed by atoms with E-state index in [4.69, 9.17) is 4.42 Å². The molecule has 1 heterocycles. The number of benzene rings is 1. The minimum absolute atomic E-state index is 0.148. The van der Waals surface area contributed by atoms with Crippen molar-refractivity contribution in [3.05, 3.63) is 41.4 Å². The van der Waals surface area contributed by atoms with Gasteiger partial charge in [-0.25, -0.2) is 4.98 Å². The van der Waals surface area contributed by atoms with Crippen molar-refractivity contribution in [2.75, 3.05) is 6.54 Å². The van der Waals surface area contributed by atoms with Gasteiger partial charge in [0.1, 0.15) is 0 Å². The van der Waals surface area contributed by atoms with Crippen molar-refractivity contribution >= 4 is 0 Å². The van der Waals surface area contributed by atoms with Crippen LogP contribution >= 0.6 is 0 Å². The molecule has 2 aromatic rings. The molecule has 1 N–H and O–H groups in total. The lowest BCUT2D eigenvalue weighted by Gasteiger charge is -2.07. The van der Waals surface area contributed by atoms with E-state index < -0.39 is 0 Å². The summed E-state index contributed by atoms with van der Waals surface area (Å²) in [7, 11) is 0. The van der Waals surface area contributed by atoms with Gasteiger partial charge in [0.2, 0.25) is 5.89 Å². The summed E-state index contributed by atoms with van der Waals surface area (Å²) in [5.74, 6) is 1.57. The number of hydrogen-bond acceptors (Lipinski definition) is 3. The van der Waals surface area contributed by atoms with E-state index >= 15 is 0 Å². The van der Waals surface area contributed by atoms with Crippen molar-refractivity contribution in [1.29, 1.82) is 0 Å². The first-order valence-electron chi connectivity index (χ1n) is 6.38. The summed E-state index contributed by atoms with van der Waals surface area (Å²) in [5.41, 5.74) is 3.64. The molecular weight excluding hydrogens is 224 g/mol. The van der Waals surface area contributed by atoms with Gasteiger partial charge in [-0.2, -0.15) is 0 Å². The summed E-state index contributed by atoms with van der Waals surface area (Å²) < 4.78 is 5.81. The molecule has 0 bridgehead atoms. The molecule has 2 rings (SSSR count). The minimum Gasteiger partial charge on any atom is -0.439 e. The third kappa shape index (κ3) is 2.62. The molecular formula is C15H20N2O. The number of nitrogens with zero attached hydrogens (tertiary/aromatic N) is 1. The first kappa shape index (κ1) is 12.8. The highest BCUT2D eigenvalue weighted by atomic mass is 16.4. The van der Waals surface area contributed by atoms with Crippen LogP contribution in [0.3, 0.4) is 0 Å². The molecule has 0 amide bonds. The van der Waals surface area contributed by atoms with Gasteiger partial charge in [-0.15, -0.1) is 0 Å². The van der Waals surface area contributed by atoms with Crippen LogP contribution in [0.15, 0.2) is 28.8 Å². The summed E-state index contributed by atoms with van der Waals surface area (Å²) in [6.45, 7) is 9.25. The molecule has 0 saturated heterocycles. The largest absolute Gasteiger partial charge is 0.439 e. The maximum atomic E-state index is 5.81. The molecule has 1 aromatic carbocycles. The lowest BCUT2D eigenvalue weighted by molar-refractivity contribution is 0.429. The Bertz CT molecular complexity index is 531. The normalized spacial score (nSPS) is 12.7. The quantitative estimate of drug-likeness (QED) is 0.892. The van der Waals surface area contributed by atoms with Crippen LogP contribution < -0.4 is 5.32 Å². The average Bonchev–Trinajstić information content (AvgIpc) is 2.82. The zero-order valence-corrected chi connectivity index (χ0v) is 11.4. The SMILES string of the molecule is CCNC(C)c1ncc(-c2ccc(C)c(C)c2)o1. The smallest absolute Gasteiger partial charge is 0.211 e. The second-order valence-electron chi connectivity index (χ2n) is 4.64. The summed E-state index contributed by atoms with van der Waals surface area (Å²) >= 11 is 0. The van der Waals surface area contributed by atoms with Crippen LogP contribution in [0.25, 0.3) is 11.3 Å². The van der Waals surface area contributed by atoms with Gasteiger partial charge in [-0.1, -0.05) is 19.1 Å². The predicted molar refractivity (Wildman–Crippen MR) is 73.5 cm³/mol. The van der Waals surface area contributed by atoms with Gasteiger partial charge in [0.25, 0.3) is 0 Å². The molecule has 0 fully saturated rings. The average molecular weight is 244 g/mol. The molecule has 3 nitrogen and oxygen atoms in total. The van der Waals surface area contributed by atoms with Crippen LogP contribution in [0.1, 0.15) is 36.9 Å². The van der Waals surface area contributed by atoms with Crippen molar-refractivity contribution in [3.8, 4) is 11.3 Å². The van der Waals surface area contributed by atoms with Gasteiger partial charge < -0.3 is 9.73 Å². The van der Waals surface area contributed by atoms with Crippen molar-refractivity contribution in [1.82, 2.24) is 10.3 Å². The predicted octanol–water partition coefficient (Wildman–Crippen LogP) is 3.63. The molecule has 1 aromatic heterocycles. The van der Waals surface area contributed by atoms with Crippen LogP contribution in [-0.2, 0) is 0 Å². The number of hydrogen-bond donors (Lipinski definition) is 1. The van der Waals surface area contributed by atoms with E-state index in [2.05, 4.69) is 56.2 Å². The standard InChI is InChI=1S/C15H20N2O/c1-5-16-12(4)15-17-9-14(18-15)13-7-6-10(2)11(3)8-13/h6-9,12,16H,5H2,1-4H3. The highest BCUT2D eigenvalue weighted by Crippen LogP contribution is 2.24. The van der Waals surface area contributed by atoms with Crippen LogP contribution in [0, 0.1) is 13.8 Å². The fourth-order valence-electron chi connectivity index (χ4n) is 1.91. The fourth-order valence-corrected chi connectivity index (χ4v) is 1.91. The monoisotopic (exact) mass is 244 g/mol. The van der Waals surface area contributed by atoms with Gasteiger partial charge in [0.05, 0.1) is 12.2 Å². The summed E-state index contributed by atoms with van der Waals surface area (Å²) in [4.78, 5) is 4.33. The molecule has 0 saturated carbocycles. The van der Waals surface area contributed by atoms with Gasteiger partial charge >= 0.3 is 0 Å². The first-order valence-corrected chi connectivity index (χ1v) is 6.38. The van der Waals surface area contributed by atoms with Crippen molar-refractivity contribution in [2.45, 2.75) is 33.7 Å². The van der Waals surface area contributed by atoms with Crippen molar-refractivity contribution in [3.63, 3.8) is 0 Å². The highest BCUT2D eigenvalue weighted by molar-refractivity contribution is 5.58. The van der Waals surface area contributed by atoms with Crippen LogP contribution in [0.5, 0.6) is 0 Å². The zero-order valence-electron chi connectivity index (χ0n) is 11.4. The highest BCUT2D eigenvalue weighted by Gasteiger charge is 2.12. The lowest BCUT2D eigenvalue weighted by atomic mass is 10.1. The zero-order chi connectivity index (χ0) is 13.1. The van der Waals surface area contributed by atoms with Gasteiger partial charge in [-0.05, 0) is 44.5 Å². The van der Waals surface area contributed by atoms with Crippen LogP contribution in [0.4, 0.5) is 0 Å². The van der Waals surface area contributed by atoms with E-state index in [1.165, 1.54) is 11.1 Å². The third-order valence-corrected chi connectivity index (χ3v) is 3.20. The number of aryl methyl sites for hydroxylation is 2. The Morgan fingerprint density at radius 2 is 2.06 bits per heavy atom. The molecule has 0 spiro atoms. The van der Waals surface area contributed by atoms with E-state index in [0.29, 0.717) is 0 Å². The Labute approximate surface area is 108 Å². The number of aromatic nitrogens is 1. The second kappa shape index (κ2) is 5.36.